The van der Waals surface area contributed by atoms with Gasteiger partial charge in [-0.2, -0.15) is 16.9 Å². The number of hydrogen-bond acceptors (Lipinski definition) is 5. The van der Waals surface area contributed by atoms with Crippen LogP contribution in [0.1, 0.15) is 16.8 Å². The van der Waals surface area contributed by atoms with Gasteiger partial charge in [0.15, 0.2) is 11.6 Å². The number of carbonyl (C=O) groups excluding carboxylic acids is 2. The molecule has 0 saturated carbocycles. The van der Waals surface area contributed by atoms with Gasteiger partial charge in [0.25, 0.3) is 5.91 Å². The Labute approximate surface area is 176 Å². The van der Waals surface area contributed by atoms with E-state index in [0.29, 0.717) is 12.2 Å². The second-order valence-corrected chi connectivity index (χ2v) is 7.30. The van der Waals surface area contributed by atoms with E-state index in [1.54, 1.807) is 29.1 Å². The number of methoxy groups -OCH3 is 1. The zero-order chi connectivity index (χ0) is 21.7. The zero-order valence-corrected chi connectivity index (χ0v) is 17.2. The van der Waals surface area contributed by atoms with Crippen LogP contribution in [0.5, 0.6) is 0 Å². The third kappa shape index (κ3) is 4.54. The highest BCUT2D eigenvalue weighted by Gasteiger charge is 2.26. The summed E-state index contributed by atoms with van der Waals surface area (Å²) in [5, 5.41) is 6.80. The van der Waals surface area contributed by atoms with Gasteiger partial charge in [-0.15, -0.1) is 0 Å². The van der Waals surface area contributed by atoms with E-state index in [4.69, 9.17) is 4.74 Å². The summed E-state index contributed by atoms with van der Waals surface area (Å²) in [6.45, 7) is 0. The Morgan fingerprint density at radius 1 is 1.27 bits per heavy atom. The number of esters is 1. The molecule has 0 spiro atoms. The molecule has 1 aromatic carbocycles. The maximum absolute atomic E-state index is 14.4. The third-order valence-corrected chi connectivity index (χ3v) is 5.02. The molecule has 3 rings (SSSR count). The Bertz CT molecular complexity index is 1040. The topological polar surface area (TPSA) is 78.2 Å². The van der Waals surface area contributed by atoms with Crippen molar-refractivity contribution in [3.63, 3.8) is 0 Å². The molecule has 0 bridgehead atoms. The van der Waals surface area contributed by atoms with E-state index >= 15 is 0 Å². The molecule has 3 aromatic rings. The number of benzene rings is 1. The van der Waals surface area contributed by atoms with Gasteiger partial charge in [-0.05, 0) is 42.7 Å². The number of aromatic nitrogens is 3. The van der Waals surface area contributed by atoms with Crippen LogP contribution in [0.25, 0.3) is 11.5 Å². The van der Waals surface area contributed by atoms with Crippen LogP contribution < -0.4 is 5.32 Å². The van der Waals surface area contributed by atoms with Gasteiger partial charge >= 0.3 is 5.97 Å². The first kappa shape index (κ1) is 21.6. The standard InChI is InChI=1S/C20H20F2N4O3S/c1-29-20(28)16(7-10-30-2)24-18(27)14-12-23-26(19(14)25-8-3-4-9-25)17-6-5-13(21)11-15(17)22/h3-6,8-9,11-12,16H,7,10H2,1-2H3,(H,24,27). The number of hydrogen-bond donors (Lipinski definition) is 1. The van der Waals surface area contributed by atoms with Crippen molar-refractivity contribution in [2.45, 2.75) is 12.5 Å². The minimum Gasteiger partial charge on any atom is -0.467 e. The fraction of sp³-hybridized carbons (Fsp3) is 0.250. The molecule has 158 valence electrons. The van der Waals surface area contributed by atoms with Crippen molar-refractivity contribution in [1.82, 2.24) is 19.7 Å². The molecule has 2 heterocycles. The number of rotatable bonds is 8. The second kappa shape index (κ2) is 9.57. The summed E-state index contributed by atoms with van der Waals surface area (Å²) >= 11 is 1.53. The highest BCUT2D eigenvalue weighted by Crippen LogP contribution is 2.22. The van der Waals surface area contributed by atoms with Gasteiger partial charge in [-0.3, -0.25) is 4.79 Å². The molecule has 1 unspecified atom stereocenters. The normalized spacial score (nSPS) is 11.9. The predicted molar refractivity (Wildman–Crippen MR) is 109 cm³/mol. The second-order valence-electron chi connectivity index (χ2n) is 6.31. The van der Waals surface area contributed by atoms with Crippen molar-refractivity contribution < 1.29 is 23.1 Å². The first-order chi connectivity index (χ1) is 14.5. The summed E-state index contributed by atoms with van der Waals surface area (Å²) in [4.78, 5) is 25.0. The lowest BCUT2D eigenvalue weighted by Crippen LogP contribution is -2.42. The monoisotopic (exact) mass is 434 g/mol. The van der Waals surface area contributed by atoms with Crippen molar-refractivity contribution in [2.75, 3.05) is 19.1 Å². The lowest BCUT2D eigenvalue weighted by Gasteiger charge is -2.17. The maximum atomic E-state index is 14.4. The fourth-order valence-electron chi connectivity index (χ4n) is 2.92. The van der Waals surface area contributed by atoms with Crippen LogP contribution in [-0.2, 0) is 9.53 Å². The fourth-order valence-corrected chi connectivity index (χ4v) is 3.39. The van der Waals surface area contributed by atoms with Gasteiger partial charge in [0.1, 0.15) is 23.1 Å². The van der Waals surface area contributed by atoms with Gasteiger partial charge in [0.2, 0.25) is 0 Å². The van der Waals surface area contributed by atoms with Crippen LogP contribution in [0, 0.1) is 11.6 Å². The van der Waals surface area contributed by atoms with Crippen LogP contribution in [0.3, 0.4) is 0 Å². The van der Waals surface area contributed by atoms with E-state index in [9.17, 15) is 18.4 Å². The van der Waals surface area contributed by atoms with Crippen molar-refractivity contribution in [2.24, 2.45) is 0 Å². The first-order valence-electron chi connectivity index (χ1n) is 9.00. The summed E-state index contributed by atoms with van der Waals surface area (Å²) in [5.41, 5.74) is 0.0963. The summed E-state index contributed by atoms with van der Waals surface area (Å²) in [7, 11) is 1.25. The Morgan fingerprint density at radius 3 is 2.63 bits per heavy atom. The Morgan fingerprint density at radius 2 is 2.00 bits per heavy atom. The molecule has 0 radical (unpaired) electrons. The third-order valence-electron chi connectivity index (χ3n) is 4.38. The van der Waals surface area contributed by atoms with E-state index in [2.05, 4.69) is 10.4 Å². The summed E-state index contributed by atoms with van der Waals surface area (Å²) in [6.07, 6.45) is 6.88. The zero-order valence-electron chi connectivity index (χ0n) is 16.3. The average Bonchev–Trinajstić information content (AvgIpc) is 3.39. The molecular formula is C20H20F2N4O3S. The Kier molecular flexibility index (Phi) is 6.88. The number of nitrogens with one attached hydrogen (secondary N) is 1. The van der Waals surface area contributed by atoms with Crippen molar-refractivity contribution in [3.8, 4) is 11.5 Å². The first-order valence-corrected chi connectivity index (χ1v) is 10.4. The maximum Gasteiger partial charge on any atom is 0.328 e. The van der Waals surface area contributed by atoms with Crippen LogP contribution in [0.2, 0.25) is 0 Å². The lowest BCUT2D eigenvalue weighted by atomic mass is 10.2. The van der Waals surface area contributed by atoms with Gasteiger partial charge < -0.3 is 14.6 Å². The molecule has 0 aliphatic heterocycles. The van der Waals surface area contributed by atoms with E-state index in [-0.39, 0.29) is 17.1 Å². The Balaban J connectivity index is 2.02. The molecule has 30 heavy (non-hydrogen) atoms. The molecule has 0 aliphatic rings. The summed E-state index contributed by atoms with van der Waals surface area (Å²) in [5.74, 6) is -1.79. The van der Waals surface area contributed by atoms with Crippen LogP contribution in [0.15, 0.2) is 48.9 Å². The van der Waals surface area contributed by atoms with E-state index < -0.39 is 29.6 Å². The summed E-state index contributed by atoms with van der Waals surface area (Å²) in [6, 6.07) is 5.72. The van der Waals surface area contributed by atoms with Crippen molar-refractivity contribution >= 4 is 23.6 Å². The molecule has 0 saturated heterocycles. The molecule has 0 aliphatic carbocycles. The van der Waals surface area contributed by atoms with Crippen molar-refractivity contribution in [1.29, 1.82) is 0 Å². The quantitative estimate of drug-likeness (QED) is 0.552. The molecule has 1 atom stereocenters. The van der Waals surface area contributed by atoms with Gasteiger partial charge in [0.05, 0.1) is 13.3 Å². The molecule has 7 nitrogen and oxygen atoms in total. The number of thioether (sulfide) groups is 1. The van der Waals surface area contributed by atoms with Gasteiger partial charge in [0, 0.05) is 18.5 Å². The highest BCUT2D eigenvalue weighted by molar-refractivity contribution is 7.98. The van der Waals surface area contributed by atoms with Gasteiger partial charge in [-0.1, -0.05) is 0 Å². The van der Waals surface area contributed by atoms with Crippen LogP contribution in [-0.4, -0.2) is 51.4 Å². The van der Waals surface area contributed by atoms with Crippen LogP contribution in [0.4, 0.5) is 8.78 Å². The van der Waals surface area contributed by atoms with E-state index in [1.165, 1.54) is 35.8 Å². The molecular weight excluding hydrogens is 414 g/mol. The molecule has 0 fully saturated rings. The molecule has 10 heteroatoms. The highest BCUT2D eigenvalue weighted by atomic mass is 32.2. The minimum absolute atomic E-state index is 0.0222. The van der Waals surface area contributed by atoms with Crippen molar-refractivity contribution in [3.05, 3.63) is 66.1 Å². The molecule has 2 aromatic heterocycles. The number of halogens is 2. The van der Waals surface area contributed by atoms with Gasteiger partial charge in [-0.25, -0.2) is 18.3 Å². The Hall–Kier alpha value is -3.14. The molecule has 1 N–H and O–H groups in total. The number of amides is 1. The van der Waals surface area contributed by atoms with E-state index in [0.717, 1.165) is 12.1 Å². The number of carbonyl (C=O) groups is 2. The largest absolute Gasteiger partial charge is 0.467 e. The molecule has 1 amide bonds. The number of nitrogens with zero attached hydrogens (tertiary/aromatic N) is 3. The average molecular weight is 434 g/mol. The smallest absolute Gasteiger partial charge is 0.328 e. The van der Waals surface area contributed by atoms with Crippen LogP contribution >= 0.6 is 11.8 Å². The SMILES string of the molecule is COC(=O)C(CCSC)NC(=O)c1cnn(-c2ccc(F)cc2F)c1-n1cccc1. The lowest BCUT2D eigenvalue weighted by molar-refractivity contribution is -0.142. The van der Waals surface area contributed by atoms with E-state index in [1.807, 2.05) is 6.26 Å². The number of ether oxygens (including phenoxy) is 1. The minimum atomic E-state index is -0.835. The summed E-state index contributed by atoms with van der Waals surface area (Å²) < 4.78 is 35.3. The predicted octanol–water partition coefficient (Wildman–Crippen LogP) is 2.97.